The third-order valence-electron chi connectivity index (χ3n) is 8.27. The summed E-state index contributed by atoms with van der Waals surface area (Å²) >= 11 is 0. The molecule has 2 saturated heterocycles. The number of halogens is 2. The molecule has 0 bridgehead atoms. The van der Waals surface area contributed by atoms with E-state index in [4.69, 9.17) is 10.00 Å². The fourth-order valence-electron chi connectivity index (χ4n) is 5.68. The second kappa shape index (κ2) is 13.7. The van der Waals surface area contributed by atoms with Crippen LogP contribution in [0.3, 0.4) is 0 Å². The molecule has 44 heavy (non-hydrogen) atoms. The Balaban J connectivity index is 1.09. The summed E-state index contributed by atoms with van der Waals surface area (Å²) in [5, 5.41) is 11.6. The zero-order valence-electron chi connectivity index (χ0n) is 24.3. The Labute approximate surface area is 254 Å². The van der Waals surface area contributed by atoms with E-state index in [1.54, 1.807) is 48.4 Å². The monoisotopic (exact) mass is 601 g/mol. The van der Waals surface area contributed by atoms with Gasteiger partial charge >= 0.3 is 0 Å². The largest absolute Gasteiger partial charge is 0.497 e. The van der Waals surface area contributed by atoms with E-state index in [0.717, 1.165) is 0 Å². The molecule has 1 aromatic heterocycles. The van der Waals surface area contributed by atoms with Crippen LogP contribution in [0.4, 0.5) is 8.78 Å². The number of aromatic nitrogens is 1. The van der Waals surface area contributed by atoms with E-state index in [1.165, 1.54) is 30.5 Å². The number of alkyl halides is 1. The van der Waals surface area contributed by atoms with Gasteiger partial charge in [0.25, 0.3) is 11.8 Å². The van der Waals surface area contributed by atoms with Crippen molar-refractivity contribution in [1.82, 2.24) is 20.1 Å². The van der Waals surface area contributed by atoms with Gasteiger partial charge < -0.3 is 15.0 Å². The van der Waals surface area contributed by atoms with Gasteiger partial charge in [-0.2, -0.15) is 5.26 Å². The summed E-state index contributed by atoms with van der Waals surface area (Å²) in [5.41, 5.74) is 1.63. The Morgan fingerprint density at radius 2 is 1.75 bits per heavy atom. The maximum Gasteiger partial charge on any atom is 0.272 e. The number of carbonyl (C=O) groups is 3. The Morgan fingerprint density at radius 1 is 1.02 bits per heavy atom. The minimum Gasteiger partial charge on any atom is -0.497 e. The molecule has 3 heterocycles. The summed E-state index contributed by atoms with van der Waals surface area (Å²) in [6.45, 7) is 1.75. The lowest BCUT2D eigenvalue weighted by atomic mass is 9.88. The average molecular weight is 602 g/mol. The lowest BCUT2D eigenvalue weighted by molar-refractivity contribution is 0.0645. The number of piperidine rings is 2. The van der Waals surface area contributed by atoms with Crippen LogP contribution in [0, 0.1) is 23.1 Å². The SMILES string of the molecule is COc1ccc(C(=O)C2CCN(C(=O)c3ccc(C(=O)NC4CCN(Cc5ccc(C#N)c(F)c5)C[C@H]4F)cn3)CC2)cc1. The van der Waals surface area contributed by atoms with E-state index >= 15 is 0 Å². The standard InChI is InChI=1S/C33H33F2N5O4/c1-44-26-7-4-22(5-8-26)31(41)23-10-14-40(15-11-23)33(43)30-9-6-25(18-37-30)32(42)38-29-12-13-39(20-28(29)35)19-21-2-3-24(17-36)27(34)16-21/h2-9,16,18,23,28-29H,10-15,19-20H2,1H3,(H,38,42)/t28-,29?/m1/s1. The molecule has 1 unspecified atom stereocenters. The number of benzene rings is 2. The van der Waals surface area contributed by atoms with Crippen molar-refractivity contribution in [3.05, 3.63) is 94.6 Å². The maximum atomic E-state index is 15.0. The van der Waals surface area contributed by atoms with Crippen LogP contribution in [0.2, 0.25) is 0 Å². The number of hydrogen-bond acceptors (Lipinski definition) is 7. The first kappa shape index (κ1) is 30.8. The van der Waals surface area contributed by atoms with Gasteiger partial charge in [0.15, 0.2) is 5.78 Å². The van der Waals surface area contributed by atoms with E-state index in [2.05, 4.69) is 10.3 Å². The first-order valence-corrected chi connectivity index (χ1v) is 14.5. The van der Waals surface area contributed by atoms with Crippen molar-refractivity contribution in [2.24, 2.45) is 5.92 Å². The molecular formula is C33H33F2N5O4. The summed E-state index contributed by atoms with van der Waals surface area (Å²) in [7, 11) is 1.57. The minimum atomic E-state index is -1.33. The van der Waals surface area contributed by atoms with Crippen molar-refractivity contribution in [3.8, 4) is 11.8 Å². The van der Waals surface area contributed by atoms with Crippen LogP contribution < -0.4 is 10.1 Å². The molecule has 228 valence electrons. The molecule has 11 heteroatoms. The Kier molecular flexibility index (Phi) is 9.60. The highest BCUT2D eigenvalue weighted by molar-refractivity contribution is 5.99. The van der Waals surface area contributed by atoms with E-state index < -0.39 is 23.9 Å². The molecule has 1 N–H and O–H groups in total. The quantitative estimate of drug-likeness (QED) is 0.385. The fourth-order valence-corrected chi connectivity index (χ4v) is 5.68. The third kappa shape index (κ3) is 7.09. The fraction of sp³-hybridized carbons (Fsp3) is 0.364. The van der Waals surface area contributed by atoms with E-state index in [9.17, 15) is 23.2 Å². The van der Waals surface area contributed by atoms with Gasteiger partial charge in [-0.05, 0) is 73.4 Å². The molecule has 0 aliphatic carbocycles. The van der Waals surface area contributed by atoms with Gasteiger partial charge in [-0.15, -0.1) is 0 Å². The average Bonchev–Trinajstić information content (AvgIpc) is 3.05. The maximum absolute atomic E-state index is 15.0. The summed E-state index contributed by atoms with van der Waals surface area (Å²) < 4.78 is 34.1. The highest BCUT2D eigenvalue weighted by Gasteiger charge is 2.32. The number of nitrogens with one attached hydrogen (secondary N) is 1. The van der Waals surface area contributed by atoms with Crippen LogP contribution in [0.15, 0.2) is 60.8 Å². The molecule has 2 atom stereocenters. The van der Waals surface area contributed by atoms with Crippen molar-refractivity contribution < 1.29 is 27.9 Å². The van der Waals surface area contributed by atoms with Gasteiger partial charge in [0.05, 0.1) is 24.3 Å². The number of Topliss-reactive ketones (excluding diaryl/α,β-unsaturated/α-hetero) is 1. The number of amides is 2. The molecule has 2 aliphatic heterocycles. The van der Waals surface area contributed by atoms with Crippen LogP contribution in [0.25, 0.3) is 0 Å². The number of nitrogens with zero attached hydrogens (tertiary/aromatic N) is 4. The molecule has 0 spiro atoms. The second-order valence-electron chi connectivity index (χ2n) is 11.1. The molecule has 2 aliphatic rings. The predicted octanol–water partition coefficient (Wildman–Crippen LogP) is 4.18. The van der Waals surface area contributed by atoms with Gasteiger partial charge in [0.1, 0.15) is 29.5 Å². The third-order valence-corrected chi connectivity index (χ3v) is 8.27. The molecule has 5 rings (SSSR count). The molecule has 0 saturated carbocycles. The normalized spacial score (nSPS) is 19.2. The van der Waals surface area contributed by atoms with E-state index in [1.807, 2.05) is 4.90 Å². The molecule has 0 radical (unpaired) electrons. The van der Waals surface area contributed by atoms with Gasteiger partial charge in [0.2, 0.25) is 0 Å². The van der Waals surface area contributed by atoms with Gasteiger partial charge in [-0.1, -0.05) is 6.07 Å². The molecular weight excluding hydrogens is 568 g/mol. The van der Waals surface area contributed by atoms with Crippen molar-refractivity contribution in [3.63, 3.8) is 0 Å². The van der Waals surface area contributed by atoms with Gasteiger partial charge in [0, 0.05) is 50.4 Å². The molecule has 2 aromatic carbocycles. The Morgan fingerprint density at radius 3 is 2.36 bits per heavy atom. The van der Waals surface area contributed by atoms with Crippen molar-refractivity contribution >= 4 is 17.6 Å². The topological polar surface area (TPSA) is 116 Å². The lowest BCUT2D eigenvalue weighted by Crippen LogP contribution is -2.52. The van der Waals surface area contributed by atoms with Gasteiger partial charge in [-0.3, -0.25) is 24.3 Å². The second-order valence-corrected chi connectivity index (χ2v) is 11.1. The van der Waals surface area contributed by atoms with Crippen LogP contribution in [-0.4, -0.2) is 77.9 Å². The summed E-state index contributed by atoms with van der Waals surface area (Å²) in [6, 6.07) is 15.4. The number of pyridine rings is 1. The van der Waals surface area contributed by atoms with Gasteiger partial charge in [-0.25, -0.2) is 8.78 Å². The lowest BCUT2D eigenvalue weighted by Gasteiger charge is -2.35. The van der Waals surface area contributed by atoms with E-state index in [0.29, 0.717) is 62.3 Å². The molecule has 2 amide bonds. The Hall–Kier alpha value is -4.69. The van der Waals surface area contributed by atoms with Crippen molar-refractivity contribution in [2.75, 3.05) is 33.3 Å². The number of carbonyl (C=O) groups excluding carboxylic acids is 3. The number of methoxy groups -OCH3 is 1. The molecule has 2 fully saturated rings. The minimum absolute atomic E-state index is 0.0376. The number of hydrogen-bond donors (Lipinski definition) is 1. The summed E-state index contributed by atoms with van der Waals surface area (Å²) in [6.07, 6.45) is 1.44. The Bertz CT molecular complexity index is 1550. The molecule has 9 nitrogen and oxygen atoms in total. The van der Waals surface area contributed by atoms with Crippen LogP contribution in [-0.2, 0) is 6.54 Å². The zero-order chi connectivity index (χ0) is 31.2. The predicted molar refractivity (Wildman–Crippen MR) is 157 cm³/mol. The zero-order valence-corrected chi connectivity index (χ0v) is 24.3. The van der Waals surface area contributed by atoms with E-state index in [-0.39, 0.29) is 41.0 Å². The molecule has 3 aromatic rings. The van der Waals surface area contributed by atoms with Crippen LogP contribution >= 0.6 is 0 Å². The number of ether oxygens (including phenoxy) is 1. The highest BCUT2D eigenvalue weighted by Crippen LogP contribution is 2.24. The van der Waals surface area contributed by atoms with Crippen LogP contribution in [0.5, 0.6) is 5.75 Å². The first-order chi connectivity index (χ1) is 21.2. The summed E-state index contributed by atoms with van der Waals surface area (Å²) in [4.78, 5) is 46.5. The smallest absolute Gasteiger partial charge is 0.272 e. The number of rotatable bonds is 8. The number of likely N-dealkylation sites (tertiary alicyclic amines) is 2. The first-order valence-electron chi connectivity index (χ1n) is 14.5. The van der Waals surface area contributed by atoms with Crippen LogP contribution in [0.1, 0.15) is 61.6 Å². The number of nitriles is 1. The number of ketones is 1. The highest BCUT2D eigenvalue weighted by atomic mass is 19.1. The van der Waals surface area contributed by atoms with Crippen molar-refractivity contribution in [2.45, 2.75) is 38.0 Å². The van der Waals surface area contributed by atoms with Crippen molar-refractivity contribution in [1.29, 1.82) is 5.26 Å². The summed E-state index contributed by atoms with van der Waals surface area (Å²) in [5.74, 6) is -0.794.